The van der Waals surface area contributed by atoms with E-state index in [1.54, 1.807) is 10.9 Å². The van der Waals surface area contributed by atoms with Gasteiger partial charge in [-0.1, -0.05) is 23.7 Å². The van der Waals surface area contributed by atoms with Crippen LogP contribution in [0.25, 0.3) is 5.69 Å². The highest BCUT2D eigenvalue weighted by molar-refractivity contribution is 6.32. The molecule has 7 heteroatoms. The van der Waals surface area contributed by atoms with Gasteiger partial charge in [0.15, 0.2) is 0 Å². The molecule has 3 heterocycles. The van der Waals surface area contributed by atoms with Gasteiger partial charge in [-0.05, 0) is 44.7 Å². The van der Waals surface area contributed by atoms with Gasteiger partial charge in [-0.25, -0.2) is 4.68 Å². The Hall–Kier alpha value is -1.56. The van der Waals surface area contributed by atoms with Gasteiger partial charge >= 0.3 is 0 Å². The molecular formula is C18H22Cl2N4O. The molecule has 2 aliphatic rings. The fourth-order valence-electron chi connectivity index (χ4n) is 3.94. The summed E-state index contributed by atoms with van der Waals surface area (Å²) in [5.74, 6) is -0.0443. The molecule has 2 saturated heterocycles. The number of carbonyl (C=O) groups excluding carboxylic acids is 1. The smallest absolute Gasteiger partial charge is 0.254 e. The van der Waals surface area contributed by atoms with E-state index in [4.69, 9.17) is 11.6 Å². The summed E-state index contributed by atoms with van der Waals surface area (Å²) in [6.07, 6.45) is 6.10. The number of piperidine rings is 1. The lowest BCUT2D eigenvalue weighted by Crippen LogP contribution is -2.48. The first-order valence-electron chi connectivity index (χ1n) is 8.48. The minimum atomic E-state index is -0.0443. The van der Waals surface area contributed by atoms with E-state index in [2.05, 4.69) is 15.7 Å². The van der Waals surface area contributed by atoms with Crippen LogP contribution in [0.15, 0.2) is 30.5 Å². The van der Waals surface area contributed by atoms with Crippen LogP contribution in [-0.2, 0) is 0 Å². The second-order valence-electron chi connectivity index (χ2n) is 6.79. The second kappa shape index (κ2) is 7.36. The van der Waals surface area contributed by atoms with E-state index in [0.29, 0.717) is 22.7 Å². The molecule has 1 aromatic heterocycles. The van der Waals surface area contributed by atoms with Crippen LogP contribution < -0.4 is 10.6 Å². The summed E-state index contributed by atoms with van der Waals surface area (Å²) in [5.41, 5.74) is 2.20. The van der Waals surface area contributed by atoms with Gasteiger partial charge in [0.05, 0.1) is 28.2 Å². The van der Waals surface area contributed by atoms with Crippen LogP contribution in [0.3, 0.4) is 0 Å². The molecule has 0 aliphatic carbocycles. The molecular weight excluding hydrogens is 359 g/mol. The third kappa shape index (κ3) is 3.54. The summed E-state index contributed by atoms with van der Waals surface area (Å²) in [5, 5.41) is 11.8. The van der Waals surface area contributed by atoms with Crippen LogP contribution in [-0.4, -0.2) is 33.8 Å². The average molecular weight is 381 g/mol. The Bertz CT molecular complexity index is 764. The largest absolute Gasteiger partial charge is 0.349 e. The fraction of sp³-hybridized carbons (Fsp3) is 0.444. The lowest BCUT2D eigenvalue weighted by Gasteiger charge is -2.29. The predicted octanol–water partition coefficient (Wildman–Crippen LogP) is 3.27. The van der Waals surface area contributed by atoms with Crippen LogP contribution in [0.2, 0.25) is 5.02 Å². The summed E-state index contributed by atoms with van der Waals surface area (Å²) in [6, 6.07) is 8.87. The number of para-hydroxylation sites is 1. The first kappa shape index (κ1) is 18.2. The van der Waals surface area contributed by atoms with E-state index in [0.717, 1.165) is 24.2 Å². The Kier molecular flexibility index (Phi) is 5.37. The number of hydrogen-bond acceptors (Lipinski definition) is 3. The van der Waals surface area contributed by atoms with Crippen molar-refractivity contribution in [2.45, 2.75) is 50.7 Å². The maximum atomic E-state index is 12.7. The Morgan fingerprint density at radius 3 is 2.64 bits per heavy atom. The minimum Gasteiger partial charge on any atom is -0.349 e. The number of amides is 1. The zero-order chi connectivity index (χ0) is 16.7. The number of nitrogens with one attached hydrogen (secondary N) is 2. The summed E-state index contributed by atoms with van der Waals surface area (Å²) < 4.78 is 1.73. The van der Waals surface area contributed by atoms with Crippen molar-refractivity contribution in [2.75, 3.05) is 0 Å². The zero-order valence-electron chi connectivity index (χ0n) is 14.0. The predicted molar refractivity (Wildman–Crippen MR) is 101 cm³/mol. The molecule has 4 rings (SSSR count). The maximum absolute atomic E-state index is 12.7. The Morgan fingerprint density at radius 2 is 1.96 bits per heavy atom. The van der Waals surface area contributed by atoms with Gasteiger partial charge in [-0.15, -0.1) is 12.4 Å². The SMILES string of the molecule is Cc1c(C(=O)NC2CC3CCC(C2)N3)cnn1-c1ccccc1Cl.Cl. The summed E-state index contributed by atoms with van der Waals surface area (Å²) in [6.45, 7) is 1.90. The van der Waals surface area contributed by atoms with Crippen molar-refractivity contribution < 1.29 is 4.79 Å². The maximum Gasteiger partial charge on any atom is 0.254 e. The highest BCUT2D eigenvalue weighted by Crippen LogP contribution is 2.27. The normalized spacial score (nSPS) is 24.6. The van der Waals surface area contributed by atoms with E-state index in [9.17, 15) is 4.79 Å². The highest BCUT2D eigenvalue weighted by Gasteiger charge is 2.34. The number of benzene rings is 1. The fourth-order valence-corrected chi connectivity index (χ4v) is 4.15. The topological polar surface area (TPSA) is 59.0 Å². The van der Waals surface area contributed by atoms with Gasteiger partial charge in [-0.2, -0.15) is 5.10 Å². The number of aromatic nitrogens is 2. The highest BCUT2D eigenvalue weighted by atomic mass is 35.5. The third-order valence-electron chi connectivity index (χ3n) is 5.14. The molecule has 2 aromatic rings. The zero-order valence-corrected chi connectivity index (χ0v) is 15.6. The van der Waals surface area contributed by atoms with Crippen molar-refractivity contribution in [3.63, 3.8) is 0 Å². The molecule has 1 amide bonds. The van der Waals surface area contributed by atoms with Crippen LogP contribution in [0.4, 0.5) is 0 Å². The quantitative estimate of drug-likeness (QED) is 0.858. The summed E-state index contributed by atoms with van der Waals surface area (Å²) in [7, 11) is 0. The van der Waals surface area contributed by atoms with E-state index in [-0.39, 0.29) is 24.4 Å². The average Bonchev–Trinajstić information content (AvgIpc) is 3.10. The van der Waals surface area contributed by atoms with Gasteiger partial charge in [-0.3, -0.25) is 4.79 Å². The van der Waals surface area contributed by atoms with Gasteiger partial charge < -0.3 is 10.6 Å². The van der Waals surface area contributed by atoms with Gasteiger partial charge in [0.25, 0.3) is 5.91 Å². The lowest BCUT2D eigenvalue weighted by molar-refractivity contribution is 0.0923. The monoisotopic (exact) mass is 380 g/mol. The number of hydrogen-bond donors (Lipinski definition) is 2. The molecule has 2 bridgehead atoms. The van der Waals surface area contributed by atoms with Crippen LogP contribution >= 0.6 is 24.0 Å². The summed E-state index contributed by atoms with van der Waals surface area (Å²) >= 11 is 6.25. The van der Waals surface area contributed by atoms with Crippen molar-refractivity contribution in [1.29, 1.82) is 0 Å². The van der Waals surface area contributed by atoms with Crippen LogP contribution in [0.5, 0.6) is 0 Å². The van der Waals surface area contributed by atoms with Crippen LogP contribution in [0.1, 0.15) is 41.7 Å². The van der Waals surface area contributed by atoms with Crippen molar-refractivity contribution >= 4 is 29.9 Å². The Balaban J connectivity index is 0.00000182. The molecule has 2 unspecified atom stereocenters. The molecule has 2 aliphatic heterocycles. The van der Waals surface area contributed by atoms with Crippen molar-refractivity contribution in [3.8, 4) is 5.69 Å². The standard InChI is InChI=1S/C18H21ClN4O.ClH/c1-11-15(10-20-23(11)17-5-3-2-4-16(17)19)18(24)22-14-8-12-6-7-13(9-14)21-12;/h2-5,10,12-14,21H,6-9H2,1H3,(H,22,24);1H. The van der Waals surface area contributed by atoms with Gasteiger partial charge in [0, 0.05) is 18.1 Å². The van der Waals surface area contributed by atoms with Crippen molar-refractivity contribution in [2.24, 2.45) is 0 Å². The first-order chi connectivity index (χ1) is 11.6. The molecule has 134 valence electrons. The van der Waals surface area contributed by atoms with E-state index in [1.165, 1.54) is 12.8 Å². The van der Waals surface area contributed by atoms with Crippen molar-refractivity contribution in [1.82, 2.24) is 20.4 Å². The molecule has 1 aromatic carbocycles. The second-order valence-corrected chi connectivity index (χ2v) is 7.19. The Morgan fingerprint density at radius 1 is 1.28 bits per heavy atom. The summed E-state index contributed by atoms with van der Waals surface area (Å²) in [4.78, 5) is 12.7. The van der Waals surface area contributed by atoms with E-state index < -0.39 is 0 Å². The van der Waals surface area contributed by atoms with E-state index >= 15 is 0 Å². The Labute approximate surface area is 158 Å². The van der Waals surface area contributed by atoms with Gasteiger partial charge in [0.2, 0.25) is 0 Å². The molecule has 25 heavy (non-hydrogen) atoms. The number of nitrogens with zero attached hydrogens (tertiary/aromatic N) is 2. The van der Waals surface area contributed by atoms with E-state index in [1.807, 2.05) is 31.2 Å². The number of carbonyl (C=O) groups is 1. The molecule has 2 N–H and O–H groups in total. The number of halogens is 2. The third-order valence-corrected chi connectivity index (χ3v) is 5.46. The lowest BCUT2D eigenvalue weighted by atomic mass is 9.99. The molecule has 0 saturated carbocycles. The number of fused-ring (bicyclic) bond motifs is 2. The molecule has 2 fully saturated rings. The molecule has 0 spiro atoms. The van der Waals surface area contributed by atoms with Gasteiger partial charge in [0.1, 0.15) is 0 Å². The minimum absolute atomic E-state index is 0. The molecule has 0 radical (unpaired) electrons. The van der Waals surface area contributed by atoms with Crippen LogP contribution in [0, 0.1) is 6.92 Å². The number of rotatable bonds is 3. The first-order valence-corrected chi connectivity index (χ1v) is 8.86. The van der Waals surface area contributed by atoms with Crippen molar-refractivity contribution in [3.05, 3.63) is 46.7 Å². The molecule has 2 atom stereocenters. The molecule has 5 nitrogen and oxygen atoms in total.